The van der Waals surface area contributed by atoms with Crippen LogP contribution >= 0.6 is 15.9 Å². The number of benzene rings is 2. The van der Waals surface area contributed by atoms with Crippen LogP contribution < -0.4 is 4.74 Å². The SMILES string of the molecule is CCCC(C)CC(C(=O)O)c1ccc(OCc2ccccc2)c(Br)c1. The summed E-state index contributed by atoms with van der Waals surface area (Å²) >= 11 is 3.52. The van der Waals surface area contributed by atoms with Crippen molar-refractivity contribution in [2.24, 2.45) is 5.92 Å². The lowest BCUT2D eigenvalue weighted by Gasteiger charge is -2.18. The number of hydrogen-bond donors (Lipinski definition) is 1. The maximum absolute atomic E-state index is 11.7. The molecule has 3 nitrogen and oxygen atoms in total. The second-order valence-corrected chi connectivity index (χ2v) is 7.34. The number of rotatable bonds is 9. The Hall–Kier alpha value is -1.81. The third-order valence-electron chi connectivity index (χ3n) is 4.31. The first-order chi connectivity index (χ1) is 12.0. The van der Waals surface area contributed by atoms with Gasteiger partial charge >= 0.3 is 5.97 Å². The van der Waals surface area contributed by atoms with Crippen molar-refractivity contribution in [3.8, 4) is 5.75 Å². The van der Waals surface area contributed by atoms with Crippen LogP contribution in [0.2, 0.25) is 0 Å². The van der Waals surface area contributed by atoms with Gasteiger partial charge in [-0.3, -0.25) is 4.79 Å². The summed E-state index contributed by atoms with van der Waals surface area (Å²) in [6.07, 6.45) is 2.77. The van der Waals surface area contributed by atoms with Crippen LogP contribution in [0.1, 0.15) is 50.2 Å². The Kier molecular flexibility index (Phi) is 7.51. The number of hydrogen-bond acceptors (Lipinski definition) is 2. The molecule has 25 heavy (non-hydrogen) atoms. The van der Waals surface area contributed by atoms with Crippen molar-refractivity contribution in [2.75, 3.05) is 0 Å². The highest BCUT2D eigenvalue weighted by atomic mass is 79.9. The van der Waals surface area contributed by atoms with E-state index in [0.29, 0.717) is 18.9 Å². The summed E-state index contributed by atoms with van der Waals surface area (Å²) in [7, 11) is 0. The Bertz CT molecular complexity index is 685. The molecule has 0 aliphatic heterocycles. The van der Waals surface area contributed by atoms with Gasteiger partial charge < -0.3 is 9.84 Å². The maximum atomic E-state index is 11.7. The molecule has 4 heteroatoms. The van der Waals surface area contributed by atoms with Gasteiger partial charge in [-0.1, -0.05) is 63.1 Å². The predicted molar refractivity (Wildman–Crippen MR) is 104 cm³/mol. The summed E-state index contributed by atoms with van der Waals surface area (Å²) in [5, 5.41) is 9.61. The highest BCUT2D eigenvalue weighted by Crippen LogP contribution is 2.33. The molecule has 2 rings (SSSR count). The average Bonchev–Trinajstić information content (AvgIpc) is 2.59. The number of halogens is 1. The van der Waals surface area contributed by atoms with Gasteiger partial charge in [0, 0.05) is 0 Å². The Balaban J connectivity index is 2.09. The average molecular weight is 405 g/mol. The van der Waals surface area contributed by atoms with Crippen LogP contribution in [0, 0.1) is 5.92 Å². The molecule has 2 unspecified atom stereocenters. The molecule has 0 saturated carbocycles. The van der Waals surface area contributed by atoms with E-state index in [1.807, 2.05) is 48.5 Å². The van der Waals surface area contributed by atoms with Crippen molar-refractivity contribution in [1.29, 1.82) is 0 Å². The molecule has 0 bridgehead atoms. The molecule has 0 saturated heterocycles. The summed E-state index contributed by atoms with van der Waals surface area (Å²) in [4.78, 5) is 11.7. The Morgan fingerprint density at radius 2 is 1.92 bits per heavy atom. The molecule has 0 spiro atoms. The zero-order chi connectivity index (χ0) is 18.2. The number of carboxylic acid groups (broad SMARTS) is 1. The molecule has 0 radical (unpaired) electrons. The van der Waals surface area contributed by atoms with E-state index in [2.05, 4.69) is 29.8 Å². The first-order valence-corrected chi connectivity index (χ1v) is 9.49. The fourth-order valence-electron chi connectivity index (χ4n) is 2.98. The van der Waals surface area contributed by atoms with E-state index < -0.39 is 11.9 Å². The fraction of sp³-hybridized carbons (Fsp3) is 0.381. The van der Waals surface area contributed by atoms with Crippen LogP contribution in [-0.4, -0.2) is 11.1 Å². The third-order valence-corrected chi connectivity index (χ3v) is 4.93. The van der Waals surface area contributed by atoms with Crippen LogP contribution in [-0.2, 0) is 11.4 Å². The zero-order valence-electron chi connectivity index (χ0n) is 14.7. The first kappa shape index (κ1) is 19.5. The number of ether oxygens (including phenoxy) is 1. The van der Waals surface area contributed by atoms with E-state index in [0.717, 1.165) is 34.2 Å². The molecule has 0 aliphatic rings. The molecule has 0 aromatic heterocycles. The van der Waals surface area contributed by atoms with E-state index in [9.17, 15) is 9.90 Å². The lowest BCUT2D eigenvalue weighted by molar-refractivity contribution is -0.139. The smallest absolute Gasteiger partial charge is 0.310 e. The minimum atomic E-state index is -0.771. The van der Waals surface area contributed by atoms with Crippen LogP contribution in [0.3, 0.4) is 0 Å². The summed E-state index contributed by atoms with van der Waals surface area (Å²) < 4.78 is 6.63. The van der Waals surface area contributed by atoms with Gasteiger partial charge in [0.2, 0.25) is 0 Å². The lowest BCUT2D eigenvalue weighted by atomic mass is 9.87. The van der Waals surface area contributed by atoms with Crippen molar-refractivity contribution in [1.82, 2.24) is 0 Å². The molecule has 134 valence electrons. The quantitative estimate of drug-likeness (QED) is 0.555. The molecule has 0 fully saturated rings. The fourth-order valence-corrected chi connectivity index (χ4v) is 3.49. The molecule has 1 N–H and O–H groups in total. The monoisotopic (exact) mass is 404 g/mol. The van der Waals surface area contributed by atoms with Gasteiger partial charge in [0.05, 0.1) is 10.4 Å². The van der Waals surface area contributed by atoms with Crippen LogP contribution in [0.15, 0.2) is 53.0 Å². The van der Waals surface area contributed by atoms with E-state index in [1.165, 1.54) is 0 Å². The van der Waals surface area contributed by atoms with E-state index >= 15 is 0 Å². The molecule has 0 amide bonds. The highest BCUT2D eigenvalue weighted by molar-refractivity contribution is 9.10. The molecule has 2 aromatic carbocycles. The summed E-state index contributed by atoms with van der Waals surface area (Å²) in [5.41, 5.74) is 1.91. The number of aliphatic carboxylic acids is 1. The van der Waals surface area contributed by atoms with Crippen molar-refractivity contribution in [2.45, 2.75) is 45.6 Å². The Morgan fingerprint density at radius 1 is 1.20 bits per heavy atom. The normalized spacial score (nSPS) is 13.2. The van der Waals surface area contributed by atoms with E-state index in [4.69, 9.17) is 4.74 Å². The maximum Gasteiger partial charge on any atom is 0.310 e. The van der Waals surface area contributed by atoms with Crippen LogP contribution in [0.4, 0.5) is 0 Å². The van der Waals surface area contributed by atoms with Gasteiger partial charge in [0.1, 0.15) is 12.4 Å². The third kappa shape index (κ3) is 5.89. The van der Waals surface area contributed by atoms with Crippen molar-refractivity contribution in [3.05, 3.63) is 64.1 Å². The minimum Gasteiger partial charge on any atom is -0.488 e. The van der Waals surface area contributed by atoms with Crippen LogP contribution in [0.5, 0.6) is 5.75 Å². The van der Waals surface area contributed by atoms with Gasteiger partial charge in [0.15, 0.2) is 0 Å². The van der Waals surface area contributed by atoms with Crippen molar-refractivity contribution < 1.29 is 14.6 Å². The van der Waals surface area contributed by atoms with E-state index in [-0.39, 0.29) is 0 Å². The largest absolute Gasteiger partial charge is 0.488 e. The Labute approximate surface area is 158 Å². The second kappa shape index (κ2) is 9.62. The van der Waals surface area contributed by atoms with Gasteiger partial charge in [-0.25, -0.2) is 0 Å². The minimum absolute atomic E-state index is 0.388. The van der Waals surface area contributed by atoms with E-state index in [1.54, 1.807) is 0 Å². The van der Waals surface area contributed by atoms with Gasteiger partial charge in [-0.15, -0.1) is 0 Å². The summed E-state index contributed by atoms with van der Waals surface area (Å²) in [5.74, 6) is -0.147. The topological polar surface area (TPSA) is 46.5 Å². The molecule has 2 aromatic rings. The first-order valence-electron chi connectivity index (χ1n) is 8.70. The van der Waals surface area contributed by atoms with Crippen LogP contribution in [0.25, 0.3) is 0 Å². The molecular weight excluding hydrogens is 380 g/mol. The van der Waals surface area contributed by atoms with Gasteiger partial charge in [-0.05, 0) is 51.5 Å². The Morgan fingerprint density at radius 3 is 2.52 bits per heavy atom. The van der Waals surface area contributed by atoms with Crippen molar-refractivity contribution >= 4 is 21.9 Å². The highest BCUT2D eigenvalue weighted by Gasteiger charge is 2.23. The standard InChI is InChI=1S/C21H25BrO3/c1-3-7-15(2)12-18(21(23)24)17-10-11-20(19(22)13-17)25-14-16-8-5-4-6-9-16/h4-6,8-11,13,15,18H,3,7,12,14H2,1-2H3,(H,23,24). The lowest BCUT2D eigenvalue weighted by Crippen LogP contribution is -2.15. The number of carboxylic acids is 1. The molecule has 2 atom stereocenters. The molecule has 0 heterocycles. The number of carbonyl (C=O) groups is 1. The molecular formula is C21H25BrO3. The second-order valence-electron chi connectivity index (χ2n) is 6.48. The summed E-state index contributed by atoms with van der Waals surface area (Å²) in [6.45, 7) is 4.72. The molecule has 0 aliphatic carbocycles. The predicted octanol–water partition coefficient (Wildman–Crippen LogP) is 6.02. The zero-order valence-corrected chi connectivity index (χ0v) is 16.3. The van der Waals surface area contributed by atoms with Crippen molar-refractivity contribution in [3.63, 3.8) is 0 Å². The van der Waals surface area contributed by atoms with Gasteiger partial charge in [0.25, 0.3) is 0 Å². The summed E-state index contributed by atoms with van der Waals surface area (Å²) in [6, 6.07) is 15.5. The van der Waals surface area contributed by atoms with Gasteiger partial charge in [-0.2, -0.15) is 0 Å².